The molecule has 0 saturated heterocycles. The van der Waals surface area contributed by atoms with E-state index in [9.17, 15) is 5.11 Å². The lowest BCUT2D eigenvalue weighted by Crippen LogP contribution is -2.63. The summed E-state index contributed by atoms with van der Waals surface area (Å²) in [7, 11) is -3.88. The van der Waals surface area contributed by atoms with Gasteiger partial charge in [-0.15, -0.1) is 5.54 Å². The zero-order chi connectivity index (χ0) is 21.1. The predicted octanol–water partition coefficient (Wildman–Crippen LogP) is 4.78. The third-order valence-electron chi connectivity index (χ3n) is 4.99. The van der Waals surface area contributed by atoms with Crippen LogP contribution in [-0.2, 0) is 0 Å². The minimum absolute atomic E-state index is 0.0223. The van der Waals surface area contributed by atoms with Crippen molar-refractivity contribution in [1.29, 1.82) is 0 Å². The Bertz CT molecular complexity index is 818. The summed E-state index contributed by atoms with van der Waals surface area (Å²) in [5.41, 5.74) is 4.49. The Balaban J connectivity index is 2.70. The fraction of sp³-hybridized carbons (Fsp3) is 0.360. The molecular weight excluding hydrogens is 372 g/mol. The number of rotatable bonds is 4. The number of benzene rings is 2. The van der Waals surface area contributed by atoms with Gasteiger partial charge in [0.15, 0.2) is 0 Å². The van der Waals surface area contributed by atoms with Gasteiger partial charge in [0.05, 0.1) is 0 Å². The van der Waals surface area contributed by atoms with Gasteiger partial charge in [-0.25, -0.2) is 0 Å². The van der Waals surface area contributed by atoms with Gasteiger partial charge in [0.25, 0.3) is 0 Å². The minimum atomic E-state index is -2.33. The zero-order valence-corrected chi connectivity index (χ0v) is 20.4. The van der Waals surface area contributed by atoms with E-state index in [4.69, 9.17) is 0 Å². The summed E-state index contributed by atoms with van der Waals surface area (Å²) < 4.78 is 0. The van der Waals surface area contributed by atoms with Gasteiger partial charge in [-0.2, -0.15) is 0 Å². The zero-order valence-electron chi connectivity index (χ0n) is 18.4. The molecule has 0 spiro atoms. The molecule has 0 aromatic heterocycles. The molecular formula is C25H34OSi2. The molecule has 1 N–H and O–H groups in total. The quantitative estimate of drug-likeness (QED) is 0.572. The van der Waals surface area contributed by atoms with Crippen LogP contribution < -0.4 is 10.4 Å². The van der Waals surface area contributed by atoms with E-state index in [2.05, 4.69) is 118 Å². The lowest BCUT2D eigenvalue weighted by atomic mass is 10.1. The molecule has 28 heavy (non-hydrogen) atoms. The van der Waals surface area contributed by atoms with E-state index in [1.54, 1.807) is 6.92 Å². The van der Waals surface area contributed by atoms with Crippen LogP contribution in [0.2, 0.25) is 24.7 Å². The second-order valence-corrected chi connectivity index (χ2v) is 19.1. The maximum atomic E-state index is 11.0. The molecule has 0 heterocycles. The Labute approximate surface area is 173 Å². The average Bonchev–Trinajstić information content (AvgIpc) is 2.61. The number of hydrogen-bond donors (Lipinski definition) is 1. The molecule has 2 aromatic rings. The van der Waals surface area contributed by atoms with Crippen LogP contribution >= 0.6 is 0 Å². The summed E-state index contributed by atoms with van der Waals surface area (Å²) in [6, 6.07) is 21.5. The van der Waals surface area contributed by atoms with Crippen molar-refractivity contribution in [3.05, 3.63) is 72.4 Å². The van der Waals surface area contributed by atoms with E-state index < -0.39 is 21.7 Å². The van der Waals surface area contributed by atoms with Crippen LogP contribution in [0.3, 0.4) is 0 Å². The average molecular weight is 407 g/mol. The molecule has 0 aliphatic rings. The first-order valence-corrected chi connectivity index (χ1v) is 15.5. The van der Waals surface area contributed by atoms with E-state index >= 15 is 0 Å². The van der Waals surface area contributed by atoms with Crippen molar-refractivity contribution in [2.45, 2.75) is 58.0 Å². The molecule has 0 fully saturated rings. The van der Waals surface area contributed by atoms with Gasteiger partial charge in [-0.05, 0) is 28.4 Å². The standard InChI is InChI=1S/C25H34OSi2/c1-24(2,3)28(22-14-10-8-11-15-22,23-16-12-9-13-17-23)21-19-25(4,26)18-20-27(5,6)7/h8-17,19,21,26H,1-7H3/b21-19+. The second-order valence-electron chi connectivity index (χ2n) is 9.77. The fourth-order valence-electron chi connectivity index (χ4n) is 3.52. The number of hydrogen-bond acceptors (Lipinski definition) is 1. The molecule has 0 bridgehead atoms. The highest BCUT2D eigenvalue weighted by molar-refractivity contribution is 7.07. The smallest absolute Gasteiger partial charge is 0.146 e. The Kier molecular flexibility index (Phi) is 6.60. The molecule has 0 radical (unpaired) electrons. The lowest BCUT2D eigenvalue weighted by Gasteiger charge is -2.42. The van der Waals surface area contributed by atoms with Crippen LogP contribution in [0.1, 0.15) is 27.7 Å². The van der Waals surface area contributed by atoms with E-state index in [0.717, 1.165) is 0 Å². The van der Waals surface area contributed by atoms with Crippen molar-refractivity contribution in [3.63, 3.8) is 0 Å². The summed E-state index contributed by atoms with van der Waals surface area (Å²) in [5, 5.41) is 13.7. The Hall–Kier alpha value is -1.87. The van der Waals surface area contributed by atoms with Gasteiger partial charge in [-0.1, -0.05) is 113 Å². The monoisotopic (exact) mass is 406 g/mol. The first-order valence-electron chi connectivity index (χ1n) is 9.96. The van der Waals surface area contributed by atoms with Gasteiger partial charge < -0.3 is 5.11 Å². The third-order valence-corrected chi connectivity index (χ3v) is 11.4. The van der Waals surface area contributed by atoms with Crippen LogP contribution in [0.15, 0.2) is 72.4 Å². The van der Waals surface area contributed by atoms with Crippen LogP contribution in [0.5, 0.6) is 0 Å². The van der Waals surface area contributed by atoms with E-state index in [0.29, 0.717) is 0 Å². The van der Waals surface area contributed by atoms with Gasteiger partial charge in [0, 0.05) is 0 Å². The van der Waals surface area contributed by atoms with E-state index in [-0.39, 0.29) is 5.04 Å². The molecule has 0 aliphatic carbocycles. The molecule has 2 rings (SSSR count). The van der Waals surface area contributed by atoms with Crippen LogP contribution in [0, 0.1) is 11.5 Å². The fourth-order valence-corrected chi connectivity index (χ4v) is 9.11. The van der Waals surface area contributed by atoms with E-state index in [1.807, 2.05) is 6.08 Å². The molecule has 3 heteroatoms. The summed E-state index contributed by atoms with van der Waals surface area (Å²) in [5.74, 6) is 3.13. The molecule has 0 aliphatic heterocycles. The van der Waals surface area contributed by atoms with Gasteiger partial charge >= 0.3 is 0 Å². The highest BCUT2D eigenvalue weighted by atomic mass is 28.3. The largest absolute Gasteiger partial charge is 0.374 e. The van der Waals surface area contributed by atoms with Crippen molar-refractivity contribution in [3.8, 4) is 11.5 Å². The van der Waals surface area contributed by atoms with Crippen molar-refractivity contribution in [2.75, 3.05) is 0 Å². The topological polar surface area (TPSA) is 20.2 Å². The molecule has 148 valence electrons. The normalized spacial score (nSPS) is 15.0. The van der Waals surface area contributed by atoms with Gasteiger partial charge in [0.2, 0.25) is 0 Å². The molecule has 1 nitrogen and oxygen atoms in total. The highest BCUT2D eigenvalue weighted by Gasteiger charge is 2.45. The number of aliphatic hydroxyl groups is 1. The maximum Gasteiger partial charge on any atom is 0.146 e. The molecule has 1 unspecified atom stereocenters. The Morgan fingerprint density at radius 2 is 1.21 bits per heavy atom. The molecule has 2 aromatic carbocycles. The summed E-state index contributed by atoms with van der Waals surface area (Å²) >= 11 is 0. The molecule has 1 atom stereocenters. The van der Waals surface area contributed by atoms with Crippen molar-refractivity contribution >= 4 is 26.5 Å². The summed E-state index contributed by atoms with van der Waals surface area (Å²) in [6.45, 7) is 15.3. The van der Waals surface area contributed by atoms with Crippen LogP contribution in [0.4, 0.5) is 0 Å². The highest BCUT2D eigenvalue weighted by Crippen LogP contribution is 2.37. The lowest BCUT2D eigenvalue weighted by molar-refractivity contribution is 0.174. The minimum Gasteiger partial charge on any atom is -0.374 e. The first kappa shape index (κ1) is 22.4. The predicted molar refractivity (Wildman–Crippen MR) is 129 cm³/mol. The first-order chi connectivity index (χ1) is 12.9. The van der Waals surface area contributed by atoms with Crippen molar-refractivity contribution in [2.24, 2.45) is 0 Å². The summed E-state index contributed by atoms with van der Waals surface area (Å²) in [6.07, 6.45) is 1.94. The van der Waals surface area contributed by atoms with Gasteiger partial charge in [-0.3, -0.25) is 0 Å². The second kappa shape index (κ2) is 8.25. The SMILES string of the molecule is CC(O)(C#C[Si](C)(C)C)/C=C/[Si](c1ccccc1)(c1ccccc1)C(C)(C)C. The Morgan fingerprint density at radius 1 is 0.786 bits per heavy atom. The Morgan fingerprint density at radius 3 is 1.57 bits per heavy atom. The maximum absolute atomic E-state index is 11.0. The summed E-state index contributed by atoms with van der Waals surface area (Å²) in [4.78, 5) is 0. The van der Waals surface area contributed by atoms with Crippen molar-refractivity contribution in [1.82, 2.24) is 0 Å². The third kappa shape index (κ3) is 5.35. The van der Waals surface area contributed by atoms with Crippen molar-refractivity contribution < 1.29 is 5.11 Å². The van der Waals surface area contributed by atoms with E-state index in [1.165, 1.54) is 10.4 Å². The van der Waals surface area contributed by atoms with Crippen LogP contribution in [-0.4, -0.2) is 26.9 Å². The van der Waals surface area contributed by atoms with Gasteiger partial charge in [0.1, 0.15) is 21.7 Å². The van der Waals surface area contributed by atoms with Crippen LogP contribution in [0.25, 0.3) is 0 Å². The molecule has 0 saturated carbocycles. The molecule has 0 amide bonds.